The molecule has 0 bridgehead atoms. The average molecular weight is 212 g/mol. The lowest BCUT2D eigenvalue weighted by molar-refractivity contribution is -0.118. The van der Waals surface area contributed by atoms with Crippen LogP contribution in [0.1, 0.15) is 0 Å². The number of thioether (sulfide) groups is 1. The van der Waals surface area contributed by atoms with Crippen LogP contribution in [0.15, 0.2) is 17.4 Å². The minimum atomic E-state index is -0.0747. The van der Waals surface area contributed by atoms with Crippen molar-refractivity contribution >= 4 is 23.5 Å². The quantitative estimate of drug-likeness (QED) is 0.557. The Kier molecular flexibility index (Phi) is 4.18. The molecule has 1 amide bonds. The third-order valence-corrected chi connectivity index (χ3v) is 2.20. The molecule has 14 heavy (non-hydrogen) atoms. The molecule has 76 valence electrons. The summed E-state index contributed by atoms with van der Waals surface area (Å²) < 4.78 is 0. The van der Waals surface area contributed by atoms with Gasteiger partial charge >= 0.3 is 0 Å². The highest BCUT2D eigenvalue weighted by Crippen LogP contribution is 2.12. The maximum absolute atomic E-state index is 10.9. The van der Waals surface area contributed by atoms with Crippen LogP contribution in [0.4, 0.5) is 5.82 Å². The number of anilines is 1. The second kappa shape index (κ2) is 5.43. The van der Waals surface area contributed by atoms with Gasteiger partial charge < -0.3 is 10.6 Å². The first-order chi connectivity index (χ1) is 6.76. The predicted molar refractivity (Wildman–Crippen MR) is 56.4 cm³/mol. The summed E-state index contributed by atoms with van der Waals surface area (Å²) >= 11 is 1.53. The Labute approximate surface area is 86.7 Å². The Morgan fingerprint density at radius 1 is 1.57 bits per heavy atom. The Morgan fingerprint density at radius 3 is 3.00 bits per heavy atom. The highest BCUT2D eigenvalue weighted by atomic mass is 32.2. The number of likely N-dealkylation sites (N-methyl/N-ethyl adjacent to an activating group) is 1. The van der Waals surface area contributed by atoms with Crippen LogP contribution in [0.3, 0.4) is 0 Å². The monoisotopic (exact) mass is 212 g/mol. The summed E-state index contributed by atoms with van der Waals surface area (Å²) in [6.45, 7) is 0.224. The zero-order valence-electron chi connectivity index (χ0n) is 8.07. The van der Waals surface area contributed by atoms with E-state index in [2.05, 4.69) is 20.6 Å². The number of carbonyl (C=O) groups is 1. The van der Waals surface area contributed by atoms with Gasteiger partial charge in [-0.25, -0.2) is 9.97 Å². The van der Waals surface area contributed by atoms with E-state index in [1.54, 1.807) is 13.1 Å². The van der Waals surface area contributed by atoms with E-state index in [9.17, 15) is 4.79 Å². The molecule has 0 saturated heterocycles. The molecule has 0 fully saturated rings. The summed E-state index contributed by atoms with van der Waals surface area (Å²) in [4.78, 5) is 18.9. The number of hydrogen-bond donors (Lipinski definition) is 2. The number of aromatic nitrogens is 2. The molecule has 0 atom stereocenters. The zero-order chi connectivity index (χ0) is 10.4. The van der Waals surface area contributed by atoms with E-state index in [0.717, 1.165) is 5.03 Å². The van der Waals surface area contributed by atoms with Crippen molar-refractivity contribution in [3.63, 3.8) is 0 Å². The SMILES string of the molecule is CNC(=O)CNc1cc(SC)ncn1. The molecule has 0 aliphatic carbocycles. The molecule has 0 aliphatic rings. The Morgan fingerprint density at radius 2 is 2.36 bits per heavy atom. The normalized spacial score (nSPS) is 9.57. The van der Waals surface area contributed by atoms with E-state index in [0.29, 0.717) is 5.82 Å². The van der Waals surface area contributed by atoms with Crippen molar-refractivity contribution in [1.82, 2.24) is 15.3 Å². The highest BCUT2D eigenvalue weighted by Gasteiger charge is 1.99. The molecular formula is C8H12N4OS. The van der Waals surface area contributed by atoms with Crippen molar-refractivity contribution in [2.24, 2.45) is 0 Å². The Bertz CT molecular complexity index is 318. The lowest BCUT2D eigenvalue weighted by Gasteiger charge is -2.04. The van der Waals surface area contributed by atoms with Crippen molar-refractivity contribution in [2.45, 2.75) is 5.03 Å². The second-order valence-electron chi connectivity index (χ2n) is 2.47. The van der Waals surface area contributed by atoms with Gasteiger partial charge in [0.15, 0.2) is 0 Å². The van der Waals surface area contributed by atoms with Crippen LogP contribution >= 0.6 is 11.8 Å². The van der Waals surface area contributed by atoms with Gasteiger partial charge in [-0.1, -0.05) is 0 Å². The molecule has 5 nitrogen and oxygen atoms in total. The van der Waals surface area contributed by atoms with Gasteiger partial charge in [0.2, 0.25) is 5.91 Å². The van der Waals surface area contributed by atoms with Gasteiger partial charge in [-0.2, -0.15) is 0 Å². The van der Waals surface area contributed by atoms with Crippen LogP contribution in [-0.4, -0.2) is 35.7 Å². The van der Waals surface area contributed by atoms with E-state index in [-0.39, 0.29) is 12.5 Å². The van der Waals surface area contributed by atoms with E-state index < -0.39 is 0 Å². The maximum Gasteiger partial charge on any atom is 0.239 e. The fourth-order valence-electron chi connectivity index (χ4n) is 0.807. The molecule has 2 N–H and O–H groups in total. The molecule has 0 radical (unpaired) electrons. The number of nitrogens with zero attached hydrogens (tertiary/aromatic N) is 2. The van der Waals surface area contributed by atoms with Gasteiger partial charge in [-0.15, -0.1) is 11.8 Å². The van der Waals surface area contributed by atoms with Crippen LogP contribution in [-0.2, 0) is 4.79 Å². The van der Waals surface area contributed by atoms with Crippen molar-refractivity contribution in [3.05, 3.63) is 12.4 Å². The largest absolute Gasteiger partial charge is 0.361 e. The van der Waals surface area contributed by atoms with Gasteiger partial charge in [0.1, 0.15) is 17.2 Å². The molecule has 0 unspecified atom stereocenters. The minimum absolute atomic E-state index is 0.0747. The molecule has 0 spiro atoms. The van der Waals surface area contributed by atoms with Gasteiger partial charge in [0, 0.05) is 13.1 Å². The first kappa shape index (κ1) is 10.8. The third kappa shape index (κ3) is 3.21. The molecular weight excluding hydrogens is 200 g/mol. The first-order valence-corrected chi connectivity index (χ1v) is 5.29. The van der Waals surface area contributed by atoms with Crippen LogP contribution in [0, 0.1) is 0 Å². The number of nitrogens with one attached hydrogen (secondary N) is 2. The summed E-state index contributed by atoms with van der Waals surface area (Å²) in [7, 11) is 1.59. The summed E-state index contributed by atoms with van der Waals surface area (Å²) in [5.74, 6) is 0.585. The van der Waals surface area contributed by atoms with Gasteiger partial charge in [-0.3, -0.25) is 4.79 Å². The molecule has 6 heteroatoms. The minimum Gasteiger partial charge on any atom is -0.361 e. The van der Waals surface area contributed by atoms with E-state index in [4.69, 9.17) is 0 Å². The van der Waals surface area contributed by atoms with Crippen LogP contribution in [0.2, 0.25) is 0 Å². The fraction of sp³-hybridized carbons (Fsp3) is 0.375. The first-order valence-electron chi connectivity index (χ1n) is 4.06. The van der Waals surface area contributed by atoms with Crippen LogP contribution < -0.4 is 10.6 Å². The predicted octanol–water partition coefficient (Wildman–Crippen LogP) is 0.356. The molecule has 1 aromatic rings. The topological polar surface area (TPSA) is 66.9 Å². The van der Waals surface area contributed by atoms with Crippen LogP contribution in [0.25, 0.3) is 0 Å². The molecule has 1 rings (SSSR count). The molecule has 0 aliphatic heterocycles. The lowest BCUT2D eigenvalue weighted by Crippen LogP contribution is -2.26. The summed E-state index contributed by atoms with van der Waals surface area (Å²) in [5.41, 5.74) is 0. The smallest absolute Gasteiger partial charge is 0.239 e. The Balaban J connectivity index is 2.54. The fourth-order valence-corrected chi connectivity index (χ4v) is 1.19. The van der Waals surface area contributed by atoms with Crippen molar-refractivity contribution < 1.29 is 4.79 Å². The number of amides is 1. The Hall–Kier alpha value is -1.30. The van der Waals surface area contributed by atoms with Gasteiger partial charge in [0.25, 0.3) is 0 Å². The maximum atomic E-state index is 10.9. The van der Waals surface area contributed by atoms with Crippen LogP contribution in [0.5, 0.6) is 0 Å². The second-order valence-corrected chi connectivity index (χ2v) is 3.30. The molecule has 1 heterocycles. The average Bonchev–Trinajstić information content (AvgIpc) is 2.26. The standard InChI is InChI=1S/C8H12N4OS/c1-9-7(13)4-10-6-3-8(14-2)12-5-11-6/h3,5H,4H2,1-2H3,(H,9,13)(H,10,11,12). The molecule has 1 aromatic heterocycles. The number of rotatable bonds is 4. The third-order valence-electron chi connectivity index (χ3n) is 1.56. The van der Waals surface area contributed by atoms with E-state index in [1.807, 2.05) is 6.26 Å². The number of carbonyl (C=O) groups excluding carboxylic acids is 1. The van der Waals surface area contributed by atoms with Crippen molar-refractivity contribution in [3.8, 4) is 0 Å². The molecule has 0 saturated carbocycles. The zero-order valence-corrected chi connectivity index (χ0v) is 8.89. The van der Waals surface area contributed by atoms with Crippen molar-refractivity contribution in [2.75, 3.05) is 25.2 Å². The lowest BCUT2D eigenvalue weighted by atomic mass is 10.5. The summed E-state index contributed by atoms with van der Waals surface area (Å²) in [5, 5.41) is 6.28. The number of hydrogen-bond acceptors (Lipinski definition) is 5. The highest BCUT2D eigenvalue weighted by molar-refractivity contribution is 7.98. The van der Waals surface area contributed by atoms with Crippen molar-refractivity contribution in [1.29, 1.82) is 0 Å². The van der Waals surface area contributed by atoms with E-state index in [1.165, 1.54) is 18.1 Å². The van der Waals surface area contributed by atoms with E-state index >= 15 is 0 Å². The van der Waals surface area contributed by atoms with Gasteiger partial charge in [0.05, 0.1) is 6.54 Å². The summed E-state index contributed by atoms with van der Waals surface area (Å²) in [6.07, 6.45) is 3.41. The van der Waals surface area contributed by atoms with Gasteiger partial charge in [-0.05, 0) is 6.26 Å². The molecule has 0 aromatic carbocycles. The summed E-state index contributed by atoms with van der Waals surface area (Å²) in [6, 6.07) is 1.80.